The molecule has 0 saturated carbocycles. The van der Waals surface area contributed by atoms with E-state index < -0.39 is 5.91 Å². The van der Waals surface area contributed by atoms with Crippen LogP contribution in [0.5, 0.6) is 11.5 Å². The van der Waals surface area contributed by atoms with E-state index in [2.05, 4.69) is 27.8 Å². The molecule has 0 radical (unpaired) electrons. The summed E-state index contributed by atoms with van der Waals surface area (Å²) in [6, 6.07) is 12.2. The summed E-state index contributed by atoms with van der Waals surface area (Å²) in [6.45, 7) is 6.29. The van der Waals surface area contributed by atoms with E-state index >= 15 is 0 Å². The van der Waals surface area contributed by atoms with Crippen molar-refractivity contribution in [1.29, 1.82) is 5.26 Å². The van der Waals surface area contributed by atoms with Crippen molar-refractivity contribution < 1.29 is 14.3 Å². The van der Waals surface area contributed by atoms with Gasteiger partial charge in [-0.15, -0.1) is 0 Å². The van der Waals surface area contributed by atoms with Crippen molar-refractivity contribution in [2.45, 2.75) is 6.92 Å². The Hall–Kier alpha value is -2.75. The van der Waals surface area contributed by atoms with Crippen LogP contribution in [0, 0.1) is 11.3 Å². The maximum Gasteiger partial charge on any atom is 0.266 e. The van der Waals surface area contributed by atoms with Gasteiger partial charge in [-0.25, -0.2) is 0 Å². The second-order valence-electron chi connectivity index (χ2n) is 5.50. The van der Waals surface area contributed by atoms with E-state index in [0.717, 1.165) is 0 Å². The van der Waals surface area contributed by atoms with Gasteiger partial charge < -0.3 is 14.8 Å². The molecule has 0 unspecified atom stereocenters. The second kappa shape index (κ2) is 10.5. The molecular formula is C21H18BrClN2O3. The van der Waals surface area contributed by atoms with Gasteiger partial charge in [0.1, 0.15) is 24.0 Å². The number of benzene rings is 2. The van der Waals surface area contributed by atoms with Gasteiger partial charge in [-0.1, -0.05) is 30.3 Å². The van der Waals surface area contributed by atoms with Crippen LogP contribution in [-0.4, -0.2) is 19.1 Å². The zero-order valence-electron chi connectivity index (χ0n) is 15.2. The van der Waals surface area contributed by atoms with Crippen molar-refractivity contribution in [3.05, 3.63) is 69.7 Å². The van der Waals surface area contributed by atoms with Gasteiger partial charge in [-0.05, 0) is 58.8 Å². The molecule has 0 aliphatic carbocycles. The normalized spacial score (nSPS) is 10.7. The summed E-state index contributed by atoms with van der Waals surface area (Å²) in [5.74, 6) is 0.568. The minimum atomic E-state index is -0.532. The number of carbonyl (C=O) groups is 1. The van der Waals surface area contributed by atoms with Crippen molar-refractivity contribution >= 4 is 45.2 Å². The first-order valence-corrected chi connectivity index (χ1v) is 9.54. The fourth-order valence-electron chi connectivity index (χ4n) is 2.29. The third kappa shape index (κ3) is 5.88. The Morgan fingerprint density at radius 3 is 2.79 bits per heavy atom. The number of rotatable bonds is 8. The summed E-state index contributed by atoms with van der Waals surface area (Å²) in [7, 11) is 0. The first-order chi connectivity index (χ1) is 13.5. The van der Waals surface area contributed by atoms with Gasteiger partial charge in [0.25, 0.3) is 5.91 Å². The highest BCUT2D eigenvalue weighted by Gasteiger charge is 2.13. The number of nitrogens with zero attached hydrogens (tertiary/aromatic N) is 1. The lowest BCUT2D eigenvalue weighted by atomic mass is 10.1. The number of anilines is 1. The monoisotopic (exact) mass is 460 g/mol. The average molecular weight is 462 g/mol. The van der Waals surface area contributed by atoms with Crippen LogP contribution in [0.25, 0.3) is 6.08 Å². The van der Waals surface area contributed by atoms with Crippen molar-refractivity contribution in [2.24, 2.45) is 0 Å². The fourth-order valence-corrected chi connectivity index (χ4v) is 3.28. The van der Waals surface area contributed by atoms with Crippen molar-refractivity contribution in [3.8, 4) is 17.6 Å². The lowest BCUT2D eigenvalue weighted by Gasteiger charge is -2.10. The molecule has 0 aliphatic heterocycles. The van der Waals surface area contributed by atoms with Crippen molar-refractivity contribution in [3.63, 3.8) is 0 Å². The Bertz CT molecular complexity index is 928. The van der Waals surface area contributed by atoms with Crippen LogP contribution in [0.3, 0.4) is 0 Å². The molecule has 0 saturated heterocycles. The Kier molecular flexibility index (Phi) is 8.12. The highest BCUT2D eigenvalue weighted by atomic mass is 79.9. The van der Waals surface area contributed by atoms with Crippen LogP contribution in [0.15, 0.2) is 59.1 Å². The second-order valence-corrected chi connectivity index (χ2v) is 6.76. The van der Waals surface area contributed by atoms with Crippen LogP contribution < -0.4 is 14.8 Å². The first kappa shape index (κ1) is 21.5. The maximum absolute atomic E-state index is 12.5. The standard InChI is InChI=1S/C21H18BrClN2O3/c1-3-8-28-20-18(22)10-14(11-19(20)23)9-15(13-24)21(26)25-16-6-5-7-17(12-16)27-4-2/h3,5-7,9-12H,1,4,8H2,2H3,(H,25,26)/b15-9-. The molecule has 2 aromatic carbocycles. The molecule has 7 heteroatoms. The van der Waals surface area contributed by atoms with E-state index in [9.17, 15) is 10.1 Å². The van der Waals surface area contributed by atoms with Crippen LogP contribution in [0.4, 0.5) is 5.69 Å². The van der Waals surface area contributed by atoms with Crippen molar-refractivity contribution in [1.82, 2.24) is 0 Å². The number of ether oxygens (including phenoxy) is 2. The minimum absolute atomic E-state index is 0.0652. The van der Waals surface area contributed by atoms with E-state index in [0.29, 0.717) is 45.5 Å². The summed E-state index contributed by atoms with van der Waals surface area (Å²) in [5.41, 5.74) is 1.05. The van der Waals surface area contributed by atoms with E-state index in [1.54, 1.807) is 42.5 Å². The zero-order valence-corrected chi connectivity index (χ0v) is 17.5. The van der Waals surface area contributed by atoms with Gasteiger partial charge in [0.2, 0.25) is 0 Å². The quantitative estimate of drug-likeness (QED) is 0.315. The van der Waals surface area contributed by atoms with Gasteiger partial charge in [-0.2, -0.15) is 5.26 Å². The highest BCUT2D eigenvalue weighted by molar-refractivity contribution is 9.10. The fraction of sp³-hybridized carbons (Fsp3) is 0.143. The molecule has 28 heavy (non-hydrogen) atoms. The number of hydrogen-bond donors (Lipinski definition) is 1. The molecule has 2 rings (SSSR count). The molecule has 144 valence electrons. The molecule has 2 aromatic rings. The largest absolute Gasteiger partial charge is 0.494 e. The zero-order chi connectivity index (χ0) is 20.5. The number of nitrogens with one attached hydrogen (secondary N) is 1. The van der Waals surface area contributed by atoms with Crippen LogP contribution >= 0.6 is 27.5 Å². The predicted octanol–water partition coefficient (Wildman–Crippen LogP) is 5.61. The highest BCUT2D eigenvalue weighted by Crippen LogP contribution is 2.35. The number of halogens is 2. The average Bonchev–Trinajstić information content (AvgIpc) is 2.66. The molecular weight excluding hydrogens is 444 g/mol. The summed E-state index contributed by atoms with van der Waals surface area (Å²) in [6.07, 6.45) is 3.06. The Labute approximate surface area is 177 Å². The van der Waals surface area contributed by atoms with Crippen LogP contribution in [-0.2, 0) is 4.79 Å². The summed E-state index contributed by atoms with van der Waals surface area (Å²) in [4.78, 5) is 12.5. The van der Waals surface area contributed by atoms with Gasteiger partial charge in [0.05, 0.1) is 16.1 Å². The third-order valence-corrected chi connectivity index (χ3v) is 4.31. The molecule has 0 spiro atoms. The van der Waals surface area contributed by atoms with Crippen molar-refractivity contribution in [2.75, 3.05) is 18.5 Å². The number of hydrogen-bond acceptors (Lipinski definition) is 4. The Morgan fingerprint density at radius 1 is 1.36 bits per heavy atom. The summed E-state index contributed by atoms with van der Waals surface area (Å²) in [5, 5.41) is 12.4. The van der Waals surface area contributed by atoms with E-state index in [1.807, 2.05) is 13.0 Å². The van der Waals surface area contributed by atoms with E-state index in [-0.39, 0.29) is 5.57 Å². The smallest absolute Gasteiger partial charge is 0.266 e. The molecule has 1 amide bonds. The van der Waals surface area contributed by atoms with E-state index in [1.165, 1.54) is 6.08 Å². The molecule has 0 atom stereocenters. The third-order valence-electron chi connectivity index (χ3n) is 3.45. The lowest BCUT2D eigenvalue weighted by molar-refractivity contribution is -0.112. The summed E-state index contributed by atoms with van der Waals surface area (Å²) < 4.78 is 11.5. The van der Waals surface area contributed by atoms with Gasteiger partial charge in [0, 0.05) is 11.8 Å². The molecule has 0 aromatic heterocycles. The molecule has 0 heterocycles. The van der Waals surface area contributed by atoms with E-state index in [4.69, 9.17) is 21.1 Å². The molecule has 1 N–H and O–H groups in total. The Morgan fingerprint density at radius 2 is 2.14 bits per heavy atom. The summed E-state index contributed by atoms with van der Waals surface area (Å²) >= 11 is 9.62. The minimum Gasteiger partial charge on any atom is -0.494 e. The van der Waals surface area contributed by atoms with Gasteiger partial charge in [-0.3, -0.25) is 4.79 Å². The van der Waals surface area contributed by atoms with Gasteiger partial charge >= 0.3 is 0 Å². The Balaban J connectivity index is 2.23. The molecule has 5 nitrogen and oxygen atoms in total. The van der Waals surface area contributed by atoms with Crippen LogP contribution in [0.2, 0.25) is 5.02 Å². The lowest BCUT2D eigenvalue weighted by Crippen LogP contribution is -2.13. The number of amides is 1. The van der Waals surface area contributed by atoms with Crippen LogP contribution in [0.1, 0.15) is 12.5 Å². The van der Waals surface area contributed by atoms with Gasteiger partial charge in [0.15, 0.2) is 5.75 Å². The predicted molar refractivity (Wildman–Crippen MR) is 115 cm³/mol. The number of carbonyl (C=O) groups excluding carboxylic acids is 1. The molecule has 0 aliphatic rings. The first-order valence-electron chi connectivity index (χ1n) is 8.37. The maximum atomic E-state index is 12.5. The molecule has 0 fully saturated rings. The topological polar surface area (TPSA) is 71.3 Å². The molecule has 0 bridgehead atoms. The number of nitriles is 1. The SMILES string of the molecule is C=CCOc1c(Cl)cc(/C=C(/C#N)C(=O)Nc2cccc(OCC)c2)cc1Br.